The number of rotatable bonds is 2. The van der Waals surface area contributed by atoms with Crippen LogP contribution in [0.25, 0.3) is 0 Å². The molecule has 0 saturated heterocycles. The first-order valence-electron chi connectivity index (χ1n) is 5.47. The smallest absolute Gasteiger partial charge is 0.129 e. The van der Waals surface area contributed by atoms with E-state index in [2.05, 4.69) is 26.0 Å². The zero-order valence-corrected chi connectivity index (χ0v) is 10.7. The summed E-state index contributed by atoms with van der Waals surface area (Å²) in [6, 6.07) is 6.18. The molecule has 0 saturated carbocycles. The van der Waals surface area contributed by atoms with E-state index in [1.807, 2.05) is 33.8 Å². The summed E-state index contributed by atoms with van der Waals surface area (Å²) in [6.45, 7) is 12.2. The summed E-state index contributed by atoms with van der Waals surface area (Å²) in [7, 11) is 0. The van der Waals surface area contributed by atoms with Gasteiger partial charge in [-0.25, -0.2) is 0 Å². The molecule has 1 aromatic rings. The van der Waals surface area contributed by atoms with Gasteiger partial charge in [-0.05, 0) is 44.9 Å². The highest BCUT2D eigenvalue weighted by molar-refractivity contribution is 5.36. The maximum atomic E-state index is 5.49. The van der Waals surface area contributed by atoms with Crippen molar-refractivity contribution in [3.63, 3.8) is 0 Å². The van der Waals surface area contributed by atoms with Gasteiger partial charge in [-0.3, -0.25) is 0 Å². The Bertz CT molecular complexity index is 320. The average Bonchev–Trinajstić information content (AvgIpc) is 2.19. The third kappa shape index (κ3) is 5.26. The van der Waals surface area contributed by atoms with Crippen molar-refractivity contribution in [2.24, 2.45) is 0 Å². The molecular weight excluding hydrogens is 184 g/mol. The number of hydrogen-bond donors (Lipinski definition) is 0. The van der Waals surface area contributed by atoms with E-state index < -0.39 is 0 Å². The lowest BCUT2D eigenvalue weighted by Gasteiger charge is -2.05. The minimum Gasteiger partial charge on any atom is -0.465 e. The minimum atomic E-state index is 0.937. The predicted octanol–water partition coefficient (Wildman–Crippen LogP) is 4.63. The second-order valence-electron chi connectivity index (χ2n) is 3.58. The number of aryl methyl sites for hydroxylation is 2. The summed E-state index contributed by atoms with van der Waals surface area (Å²) >= 11 is 0. The lowest BCUT2D eigenvalue weighted by Crippen LogP contribution is -1.87. The molecule has 0 N–H and O–H groups in total. The third-order valence-corrected chi connectivity index (χ3v) is 1.75. The fourth-order valence-electron chi connectivity index (χ4n) is 1.11. The summed E-state index contributed by atoms with van der Waals surface area (Å²) in [6.07, 6.45) is 1.78. The molecule has 0 bridgehead atoms. The van der Waals surface area contributed by atoms with Crippen molar-refractivity contribution in [2.75, 3.05) is 0 Å². The second-order valence-corrected chi connectivity index (χ2v) is 3.58. The Kier molecular flexibility index (Phi) is 6.52. The first-order chi connectivity index (χ1) is 7.09. The number of allylic oxidation sites excluding steroid dienone is 1. The standard InChI is InChI=1S/C12H16O.C2H6/c1-9(2)8-13-12-6-5-10(3)7-11(12)4;1-2/h5-8H,1-4H3;1-2H3. The van der Waals surface area contributed by atoms with Crippen LogP contribution in [0, 0.1) is 13.8 Å². The van der Waals surface area contributed by atoms with Gasteiger partial charge in [0.2, 0.25) is 0 Å². The van der Waals surface area contributed by atoms with Gasteiger partial charge in [0.25, 0.3) is 0 Å². The molecule has 1 aromatic carbocycles. The maximum Gasteiger partial charge on any atom is 0.129 e. The highest BCUT2D eigenvalue weighted by atomic mass is 16.5. The molecule has 0 aliphatic heterocycles. The van der Waals surface area contributed by atoms with E-state index in [-0.39, 0.29) is 0 Å². The van der Waals surface area contributed by atoms with E-state index in [1.54, 1.807) is 6.26 Å². The number of hydrogen-bond acceptors (Lipinski definition) is 1. The van der Waals surface area contributed by atoms with Crippen LogP contribution in [0.1, 0.15) is 38.8 Å². The van der Waals surface area contributed by atoms with Crippen molar-refractivity contribution in [3.05, 3.63) is 41.2 Å². The largest absolute Gasteiger partial charge is 0.465 e. The van der Waals surface area contributed by atoms with Crippen LogP contribution in [-0.2, 0) is 0 Å². The second kappa shape index (κ2) is 7.10. The van der Waals surface area contributed by atoms with Crippen LogP contribution in [0.3, 0.4) is 0 Å². The Morgan fingerprint density at radius 1 is 1.13 bits per heavy atom. The Morgan fingerprint density at radius 2 is 1.73 bits per heavy atom. The molecule has 1 rings (SSSR count). The Balaban J connectivity index is 0.000000921. The van der Waals surface area contributed by atoms with Gasteiger partial charge in [0.05, 0.1) is 6.26 Å². The molecule has 0 amide bonds. The lowest BCUT2D eigenvalue weighted by molar-refractivity contribution is 0.472. The van der Waals surface area contributed by atoms with E-state index in [4.69, 9.17) is 4.74 Å². The zero-order valence-electron chi connectivity index (χ0n) is 10.7. The number of benzene rings is 1. The van der Waals surface area contributed by atoms with Crippen molar-refractivity contribution in [1.82, 2.24) is 0 Å². The normalized spacial score (nSPS) is 8.67. The highest BCUT2D eigenvalue weighted by Crippen LogP contribution is 2.19. The molecule has 0 atom stereocenters. The van der Waals surface area contributed by atoms with Gasteiger partial charge in [-0.15, -0.1) is 0 Å². The topological polar surface area (TPSA) is 9.23 Å². The van der Waals surface area contributed by atoms with Crippen molar-refractivity contribution in [1.29, 1.82) is 0 Å². The molecule has 0 radical (unpaired) electrons. The van der Waals surface area contributed by atoms with Gasteiger partial charge in [0, 0.05) is 0 Å². The Labute approximate surface area is 93.8 Å². The molecule has 0 aromatic heterocycles. The van der Waals surface area contributed by atoms with Crippen LogP contribution in [-0.4, -0.2) is 0 Å². The summed E-state index contributed by atoms with van der Waals surface area (Å²) in [5.74, 6) is 0.937. The number of ether oxygens (including phenoxy) is 1. The van der Waals surface area contributed by atoms with Gasteiger partial charge < -0.3 is 4.74 Å². The molecule has 0 unspecified atom stereocenters. The van der Waals surface area contributed by atoms with E-state index in [0.29, 0.717) is 0 Å². The molecule has 0 spiro atoms. The summed E-state index contributed by atoms with van der Waals surface area (Å²) < 4.78 is 5.49. The molecular formula is C14H22O. The molecule has 1 heteroatoms. The van der Waals surface area contributed by atoms with Gasteiger partial charge in [-0.1, -0.05) is 31.5 Å². The quantitative estimate of drug-likeness (QED) is 0.641. The summed E-state index contributed by atoms with van der Waals surface area (Å²) in [4.78, 5) is 0. The molecule has 0 heterocycles. The molecule has 0 fully saturated rings. The predicted molar refractivity (Wildman–Crippen MR) is 67.3 cm³/mol. The van der Waals surface area contributed by atoms with Crippen LogP contribution in [0.2, 0.25) is 0 Å². The van der Waals surface area contributed by atoms with Crippen LogP contribution in [0.4, 0.5) is 0 Å². The summed E-state index contributed by atoms with van der Waals surface area (Å²) in [5, 5.41) is 0. The van der Waals surface area contributed by atoms with Crippen molar-refractivity contribution in [3.8, 4) is 5.75 Å². The monoisotopic (exact) mass is 206 g/mol. The van der Waals surface area contributed by atoms with Crippen LogP contribution >= 0.6 is 0 Å². The van der Waals surface area contributed by atoms with Crippen LogP contribution in [0.15, 0.2) is 30.0 Å². The third-order valence-electron chi connectivity index (χ3n) is 1.75. The first-order valence-corrected chi connectivity index (χ1v) is 5.47. The van der Waals surface area contributed by atoms with E-state index in [1.165, 1.54) is 16.7 Å². The molecule has 1 nitrogen and oxygen atoms in total. The van der Waals surface area contributed by atoms with Crippen molar-refractivity contribution >= 4 is 0 Å². The van der Waals surface area contributed by atoms with E-state index in [0.717, 1.165) is 5.75 Å². The zero-order chi connectivity index (χ0) is 11.8. The fraction of sp³-hybridized carbons (Fsp3) is 0.429. The maximum absolute atomic E-state index is 5.49. The summed E-state index contributed by atoms with van der Waals surface area (Å²) in [5.41, 5.74) is 3.61. The first kappa shape index (κ1) is 13.8. The van der Waals surface area contributed by atoms with Gasteiger partial charge in [0.1, 0.15) is 5.75 Å². The van der Waals surface area contributed by atoms with Gasteiger partial charge >= 0.3 is 0 Å². The molecule has 0 aliphatic carbocycles. The molecule has 0 aliphatic rings. The minimum absolute atomic E-state index is 0.937. The SMILES string of the molecule is CC.CC(C)=COc1ccc(C)cc1C. The van der Waals surface area contributed by atoms with Gasteiger partial charge in [-0.2, -0.15) is 0 Å². The van der Waals surface area contributed by atoms with E-state index in [9.17, 15) is 0 Å². The average molecular weight is 206 g/mol. The highest BCUT2D eigenvalue weighted by Gasteiger charge is 1.96. The van der Waals surface area contributed by atoms with Crippen molar-refractivity contribution < 1.29 is 4.74 Å². The molecule has 15 heavy (non-hydrogen) atoms. The fourth-order valence-corrected chi connectivity index (χ4v) is 1.11. The lowest BCUT2D eigenvalue weighted by atomic mass is 10.1. The van der Waals surface area contributed by atoms with Crippen LogP contribution < -0.4 is 4.74 Å². The van der Waals surface area contributed by atoms with Gasteiger partial charge in [0.15, 0.2) is 0 Å². The Morgan fingerprint density at radius 3 is 2.20 bits per heavy atom. The van der Waals surface area contributed by atoms with Crippen molar-refractivity contribution in [2.45, 2.75) is 41.5 Å². The Hall–Kier alpha value is -1.24. The molecule has 84 valence electrons. The van der Waals surface area contributed by atoms with E-state index >= 15 is 0 Å². The van der Waals surface area contributed by atoms with Crippen LogP contribution in [0.5, 0.6) is 5.75 Å².